The molecule has 0 saturated heterocycles. The van der Waals surface area contributed by atoms with Crippen molar-refractivity contribution in [1.29, 1.82) is 5.26 Å². The molecule has 0 aliphatic carbocycles. The van der Waals surface area contributed by atoms with E-state index < -0.39 is 0 Å². The van der Waals surface area contributed by atoms with Crippen LogP contribution in [0.5, 0.6) is 5.75 Å². The summed E-state index contributed by atoms with van der Waals surface area (Å²) in [5.41, 5.74) is 2.83. The molecule has 0 aliphatic heterocycles. The molecule has 1 aromatic heterocycles. The van der Waals surface area contributed by atoms with Crippen LogP contribution in [0.1, 0.15) is 12.0 Å². The zero-order valence-corrected chi connectivity index (χ0v) is 20.9. The molecule has 1 heterocycles. The lowest BCUT2D eigenvalue weighted by Gasteiger charge is -2.21. The van der Waals surface area contributed by atoms with E-state index in [1.165, 1.54) is 17.3 Å². The minimum absolute atomic E-state index is 0.0853. The average molecular weight is 498 g/mol. The van der Waals surface area contributed by atoms with Gasteiger partial charge in [0.15, 0.2) is 11.0 Å². The molecule has 36 heavy (non-hydrogen) atoms. The van der Waals surface area contributed by atoms with Gasteiger partial charge in [-0.2, -0.15) is 5.26 Å². The van der Waals surface area contributed by atoms with E-state index in [0.717, 1.165) is 17.7 Å². The number of ether oxygens (including phenoxy) is 1. The van der Waals surface area contributed by atoms with Crippen LogP contribution < -0.4 is 9.64 Å². The molecule has 0 spiro atoms. The van der Waals surface area contributed by atoms with Crippen molar-refractivity contribution in [2.75, 3.05) is 24.3 Å². The molecule has 0 N–H and O–H groups in total. The fraction of sp³-hybridized carbons (Fsp3) is 0.214. The van der Waals surface area contributed by atoms with E-state index in [4.69, 9.17) is 10.00 Å². The largest absolute Gasteiger partial charge is 0.496 e. The van der Waals surface area contributed by atoms with Crippen molar-refractivity contribution >= 4 is 23.4 Å². The first-order chi connectivity index (χ1) is 17.7. The summed E-state index contributed by atoms with van der Waals surface area (Å²) in [4.78, 5) is 14.9. The van der Waals surface area contributed by atoms with Crippen molar-refractivity contribution in [2.45, 2.75) is 24.5 Å². The van der Waals surface area contributed by atoms with E-state index in [1.54, 1.807) is 12.0 Å². The second-order valence-corrected chi connectivity index (χ2v) is 8.91. The number of amides is 1. The summed E-state index contributed by atoms with van der Waals surface area (Å²) in [5.74, 6) is 1.50. The lowest BCUT2D eigenvalue weighted by molar-refractivity contribution is -0.116. The van der Waals surface area contributed by atoms with Crippen LogP contribution in [0.4, 0.5) is 5.69 Å². The minimum Gasteiger partial charge on any atom is -0.496 e. The highest BCUT2D eigenvalue weighted by atomic mass is 32.2. The Bertz CT molecular complexity index is 1320. The maximum absolute atomic E-state index is 13.2. The van der Waals surface area contributed by atoms with Crippen molar-refractivity contribution in [1.82, 2.24) is 14.8 Å². The highest BCUT2D eigenvalue weighted by Gasteiger charge is 2.21. The first-order valence-corrected chi connectivity index (χ1v) is 12.7. The molecule has 1 amide bonds. The van der Waals surface area contributed by atoms with Gasteiger partial charge in [0.1, 0.15) is 5.75 Å². The summed E-state index contributed by atoms with van der Waals surface area (Å²) in [6, 6.07) is 29.5. The van der Waals surface area contributed by atoms with Crippen LogP contribution in [-0.4, -0.2) is 40.1 Å². The van der Waals surface area contributed by atoms with Gasteiger partial charge in [-0.1, -0.05) is 72.4 Å². The van der Waals surface area contributed by atoms with E-state index in [-0.39, 0.29) is 18.1 Å². The minimum atomic E-state index is -0.0853. The van der Waals surface area contributed by atoms with Gasteiger partial charge >= 0.3 is 0 Å². The highest BCUT2D eigenvalue weighted by molar-refractivity contribution is 7.99. The predicted octanol–water partition coefficient (Wildman–Crippen LogP) is 5.24. The molecular weight excluding hydrogens is 470 g/mol. The van der Waals surface area contributed by atoms with Gasteiger partial charge in [0.25, 0.3) is 0 Å². The standard InChI is InChI=1S/C28H27N5O2S/c1-35-25-16-9-8-15-24(25)27-30-31-28(33(27)20-17-22-11-4-2-5-12-22)36-21-26(34)32(19-10-18-29)23-13-6-3-7-14-23/h2-9,11-16H,10,17,19-21H2,1H3. The monoisotopic (exact) mass is 497 g/mol. The van der Waals surface area contributed by atoms with E-state index in [9.17, 15) is 4.79 Å². The van der Waals surface area contributed by atoms with Crippen LogP contribution in [0.2, 0.25) is 0 Å². The molecule has 0 radical (unpaired) electrons. The van der Waals surface area contributed by atoms with Crippen molar-refractivity contribution in [3.05, 3.63) is 90.5 Å². The highest BCUT2D eigenvalue weighted by Crippen LogP contribution is 2.31. The number of carbonyl (C=O) groups is 1. The number of nitrogens with zero attached hydrogens (tertiary/aromatic N) is 5. The van der Waals surface area contributed by atoms with Gasteiger partial charge in [-0.25, -0.2) is 0 Å². The first-order valence-electron chi connectivity index (χ1n) is 11.7. The molecule has 0 atom stereocenters. The number of aromatic nitrogens is 3. The number of nitriles is 1. The molecule has 0 bridgehead atoms. The smallest absolute Gasteiger partial charge is 0.237 e. The maximum Gasteiger partial charge on any atom is 0.237 e. The molecular formula is C28H27N5O2S. The third-order valence-electron chi connectivity index (χ3n) is 5.67. The number of carbonyl (C=O) groups excluding carboxylic acids is 1. The Hall–Kier alpha value is -4.09. The summed E-state index contributed by atoms with van der Waals surface area (Å²) in [6.07, 6.45) is 1.05. The van der Waals surface area contributed by atoms with Crippen LogP contribution in [0, 0.1) is 11.3 Å². The van der Waals surface area contributed by atoms with Gasteiger partial charge in [-0.15, -0.1) is 10.2 Å². The third kappa shape index (κ3) is 6.12. The molecule has 0 aliphatic rings. The van der Waals surface area contributed by atoms with Gasteiger partial charge in [0.05, 0.1) is 30.9 Å². The Kier molecular flexibility index (Phi) is 8.73. The molecule has 8 heteroatoms. The fourth-order valence-corrected chi connectivity index (χ4v) is 4.72. The number of aryl methyl sites for hydroxylation is 1. The van der Waals surface area contributed by atoms with Crippen LogP contribution >= 0.6 is 11.8 Å². The Morgan fingerprint density at radius 1 is 1.00 bits per heavy atom. The lowest BCUT2D eigenvalue weighted by Crippen LogP contribution is -2.33. The third-order valence-corrected chi connectivity index (χ3v) is 6.62. The van der Waals surface area contributed by atoms with Crippen molar-refractivity contribution in [3.63, 3.8) is 0 Å². The summed E-state index contributed by atoms with van der Waals surface area (Å²) in [7, 11) is 1.64. The van der Waals surface area contributed by atoms with Crippen molar-refractivity contribution in [2.24, 2.45) is 0 Å². The molecule has 0 fully saturated rings. The molecule has 4 rings (SSSR count). The van der Waals surface area contributed by atoms with Crippen molar-refractivity contribution < 1.29 is 9.53 Å². The SMILES string of the molecule is COc1ccccc1-c1nnc(SCC(=O)N(CCC#N)c2ccccc2)n1CCc1ccccc1. The number of methoxy groups -OCH3 is 1. The van der Waals surface area contributed by atoms with Crippen molar-refractivity contribution in [3.8, 4) is 23.2 Å². The molecule has 182 valence electrons. The molecule has 0 unspecified atom stereocenters. The topological polar surface area (TPSA) is 84.0 Å². The number of thioether (sulfide) groups is 1. The Labute approximate surface area is 215 Å². The quantitative estimate of drug-likeness (QED) is 0.264. The zero-order chi connectivity index (χ0) is 25.2. The average Bonchev–Trinajstić information content (AvgIpc) is 3.34. The normalized spacial score (nSPS) is 10.6. The number of benzene rings is 3. The Morgan fingerprint density at radius 2 is 1.69 bits per heavy atom. The molecule has 3 aromatic carbocycles. The van der Waals surface area contributed by atoms with Crippen LogP contribution in [0.15, 0.2) is 90.1 Å². The lowest BCUT2D eigenvalue weighted by atomic mass is 10.1. The number of anilines is 1. The number of para-hydroxylation sites is 2. The zero-order valence-electron chi connectivity index (χ0n) is 20.1. The molecule has 4 aromatic rings. The summed E-state index contributed by atoms with van der Waals surface area (Å²) in [5, 5.41) is 18.7. The maximum atomic E-state index is 13.2. The predicted molar refractivity (Wildman–Crippen MR) is 142 cm³/mol. The fourth-order valence-electron chi connectivity index (χ4n) is 3.88. The van der Waals surface area contributed by atoms with E-state index >= 15 is 0 Å². The first kappa shape index (κ1) is 25.0. The second kappa shape index (κ2) is 12.6. The van der Waals surface area contributed by atoms with E-state index in [1.807, 2.05) is 77.4 Å². The van der Waals surface area contributed by atoms with Crippen LogP contribution in [0.25, 0.3) is 11.4 Å². The number of hydrogen-bond acceptors (Lipinski definition) is 6. The summed E-state index contributed by atoms with van der Waals surface area (Å²) < 4.78 is 7.61. The van der Waals surface area contributed by atoms with Gasteiger partial charge in [0.2, 0.25) is 5.91 Å². The van der Waals surface area contributed by atoms with Gasteiger partial charge in [-0.05, 0) is 36.2 Å². The van der Waals surface area contributed by atoms with E-state index in [0.29, 0.717) is 29.8 Å². The molecule has 0 saturated carbocycles. The van der Waals surface area contributed by atoms with Gasteiger partial charge in [0, 0.05) is 18.8 Å². The Morgan fingerprint density at radius 3 is 2.42 bits per heavy atom. The number of hydrogen-bond donors (Lipinski definition) is 0. The van der Waals surface area contributed by atoms with Gasteiger partial charge in [-0.3, -0.25) is 4.79 Å². The van der Waals surface area contributed by atoms with Crippen LogP contribution in [-0.2, 0) is 17.8 Å². The van der Waals surface area contributed by atoms with Crippen LogP contribution in [0.3, 0.4) is 0 Å². The second-order valence-electron chi connectivity index (χ2n) is 7.97. The van der Waals surface area contributed by atoms with Gasteiger partial charge < -0.3 is 14.2 Å². The number of rotatable bonds is 11. The Balaban J connectivity index is 1.59. The van der Waals surface area contributed by atoms with E-state index in [2.05, 4.69) is 28.4 Å². The summed E-state index contributed by atoms with van der Waals surface area (Å²) >= 11 is 1.35. The summed E-state index contributed by atoms with van der Waals surface area (Å²) in [6.45, 7) is 0.991. The molecule has 7 nitrogen and oxygen atoms in total.